The first-order chi connectivity index (χ1) is 11.1. The zero-order valence-corrected chi connectivity index (χ0v) is 12.2. The SMILES string of the molecule is O=[N+]([O-])c1cccc(COc2ccc(C3=NCCN3)cc2F)c1. The van der Waals surface area contributed by atoms with Crippen LogP contribution in [0.3, 0.4) is 0 Å². The molecule has 1 N–H and O–H groups in total. The molecule has 1 heterocycles. The summed E-state index contributed by atoms with van der Waals surface area (Å²) in [6.07, 6.45) is 0. The number of aliphatic imine (C=N–C) groups is 1. The van der Waals surface area contributed by atoms with Crippen molar-refractivity contribution >= 4 is 11.5 Å². The molecule has 7 heteroatoms. The standard InChI is InChI=1S/C16H14FN3O3/c17-14-9-12(16-18-6-7-19-16)4-5-15(14)23-10-11-2-1-3-13(8-11)20(21)22/h1-5,8-9H,6-7,10H2,(H,18,19). The molecule has 2 aromatic carbocycles. The first-order valence-corrected chi connectivity index (χ1v) is 7.08. The maximum Gasteiger partial charge on any atom is 0.269 e. The number of halogens is 1. The van der Waals surface area contributed by atoms with Gasteiger partial charge in [0.1, 0.15) is 12.4 Å². The highest BCUT2D eigenvalue weighted by Crippen LogP contribution is 2.21. The lowest BCUT2D eigenvalue weighted by Crippen LogP contribution is -2.19. The van der Waals surface area contributed by atoms with E-state index in [4.69, 9.17) is 4.74 Å². The Morgan fingerprint density at radius 1 is 1.30 bits per heavy atom. The van der Waals surface area contributed by atoms with Crippen molar-refractivity contribution in [1.82, 2.24) is 5.32 Å². The molecule has 118 valence electrons. The Morgan fingerprint density at radius 3 is 2.87 bits per heavy atom. The van der Waals surface area contributed by atoms with Gasteiger partial charge in [-0.2, -0.15) is 0 Å². The van der Waals surface area contributed by atoms with Gasteiger partial charge in [0.15, 0.2) is 11.6 Å². The molecule has 0 amide bonds. The topological polar surface area (TPSA) is 76.8 Å². The minimum atomic E-state index is -0.496. The number of nitrogens with zero attached hydrogens (tertiary/aromatic N) is 2. The fourth-order valence-corrected chi connectivity index (χ4v) is 2.28. The molecule has 2 aromatic rings. The molecule has 0 aromatic heterocycles. The molecular weight excluding hydrogens is 301 g/mol. The van der Waals surface area contributed by atoms with E-state index in [1.54, 1.807) is 18.2 Å². The third-order valence-corrected chi connectivity index (χ3v) is 3.40. The van der Waals surface area contributed by atoms with Crippen molar-refractivity contribution in [3.05, 3.63) is 69.5 Å². The van der Waals surface area contributed by atoms with Crippen LogP contribution in [0.25, 0.3) is 0 Å². The second-order valence-corrected chi connectivity index (χ2v) is 5.02. The Kier molecular flexibility index (Phi) is 4.18. The van der Waals surface area contributed by atoms with E-state index in [2.05, 4.69) is 10.3 Å². The maximum atomic E-state index is 14.1. The lowest BCUT2D eigenvalue weighted by atomic mass is 10.2. The number of non-ortho nitro benzene ring substituents is 1. The van der Waals surface area contributed by atoms with E-state index in [1.165, 1.54) is 24.3 Å². The van der Waals surface area contributed by atoms with Gasteiger partial charge in [-0.05, 0) is 23.8 Å². The zero-order chi connectivity index (χ0) is 16.2. The first-order valence-electron chi connectivity index (χ1n) is 7.08. The van der Waals surface area contributed by atoms with Gasteiger partial charge >= 0.3 is 0 Å². The summed E-state index contributed by atoms with van der Waals surface area (Å²) in [6, 6.07) is 10.7. The van der Waals surface area contributed by atoms with E-state index in [0.717, 1.165) is 6.54 Å². The Morgan fingerprint density at radius 2 is 2.17 bits per heavy atom. The van der Waals surface area contributed by atoms with E-state index in [1.807, 2.05) is 0 Å². The molecule has 0 aliphatic carbocycles. The van der Waals surface area contributed by atoms with Crippen molar-refractivity contribution < 1.29 is 14.1 Å². The van der Waals surface area contributed by atoms with Crippen molar-refractivity contribution in [3.63, 3.8) is 0 Å². The number of rotatable bonds is 5. The van der Waals surface area contributed by atoms with Crippen LogP contribution in [0.5, 0.6) is 5.75 Å². The fourth-order valence-electron chi connectivity index (χ4n) is 2.28. The summed E-state index contributed by atoms with van der Waals surface area (Å²) in [7, 11) is 0. The van der Waals surface area contributed by atoms with E-state index >= 15 is 0 Å². The monoisotopic (exact) mass is 315 g/mol. The normalized spacial score (nSPS) is 13.3. The Balaban J connectivity index is 1.71. The van der Waals surface area contributed by atoms with Crippen LogP contribution >= 0.6 is 0 Å². The average molecular weight is 315 g/mol. The number of nitrogens with one attached hydrogen (secondary N) is 1. The van der Waals surface area contributed by atoms with Crippen LogP contribution in [0.4, 0.5) is 10.1 Å². The van der Waals surface area contributed by atoms with Crippen LogP contribution in [0.2, 0.25) is 0 Å². The molecule has 6 nitrogen and oxygen atoms in total. The summed E-state index contributed by atoms with van der Waals surface area (Å²) in [6.45, 7) is 1.49. The third-order valence-electron chi connectivity index (χ3n) is 3.40. The minimum Gasteiger partial charge on any atom is -0.486 e. The predicted molar refractivity (Wildman–Crippen MR) is 83.2 cm³/mol. The summed E-state index contributed by atoms with van der Waals surface area (Å²) in [5, 5.41) is 13.8. The number of ether oxygens (including phenoxy) is 1. The number of hydrogen-bond acceptors (Lipinski definition) is 5. The van der Waals surface area contributed by atoms with Gasteiger partial charge < -0.3 is 10.1 Å². The third kappa shape index (κ3) is 3.45. The molecule has 0 fully saturated rings. The highest BCUT2D eigenvalue weighted by molar-refractivity contribution is 5.99. The predicted octanol–water partition coefficient (Wildman–Crippen LogP) is 2.66. The molecule has 3 rings (SSSR count). The lowest BCUT2D eigenvalue weighted by molar-refractivity contribution is -0.384. The molecule has 23 heavy (non-hydrogen) atoms. The average Bonchev–Trinajstić information content (AvgIpc) is 3.08. The molecular formula is C16H14FN3O3. The summed E-state index contributed by atoms with van der Waals surface area (Å²) in [5.41, 5.74) is 1.25. The Hall–Kier alpha value is -2.96. The van der Waals surface area contributed by atoms with Gasteiger partial charge in [-0.3, -0.25) is 15.1 Å². The van der Waals surface area contributed by atoms with Crippen molar-refractivity contribution in [1.29, 1.82) is 0 Å². The first kappa shape index (κ1) is 15.0. The van der Waals surface area contributed by atoms with Crippen LogP contribution in [-0.4, -0.2) is 23.8 Å². The molecule has 0 spiro atoms. The largest absolute Gasteiger partial charge is 0.486 e. The van der Waals surface area contributed by atoms with Crippen molar-refractivity contribution in [3.8, 4) is 5.75 Å². The highest BCUT2D eigenvalue weighted by atomic mass is 19.1. The Bertz CT molecular complexity index is 777. The van der Waals surface area contributed by atoms with Gasteiger partial charge in [-0.25, -0.2) is 4.39 Å². The molecule has 1 aliphatic rings. The molecule has 1 aliphatic heterocycles. The zero-order valence-electron chi connectivity index (χ0n) is 12.2. The molecule has 0 saturated carbocycles. The van der Waals surface area contributed by atoms with Gasteiger partial charge in [0, 0.05) is 24.2 Å². The summed E-state index contributed by atoms with van der Waals surface area (Å²) < 4.78 is 19.5. The minimum absolute atomic E-state index is 0.0211. The van der Waals surface area contributed by atoms with Crippen molar-refractivity contribution in [2.45, 2.75) is 6.61 Å². The maximum absolute atomic E-state index is 14.1. The highest BCUT2D eigenvalue weighted by Gasteiger charge is 2.12. The number of benzene rings is 2. The lowest BCUT2D eigenvalue weighted by Gasteiger charge is -2.09. The summed E-state index contributed by atoms with van der Waals surface area (Å²) in [4.78, 5) is 14.5. The molecule has 0 unspecified atom stereocenters. The number of nitro groups is 1. The summed E-state index contributed by atoms with van der Waals surface area (Å²) >= 11 is 0. The molecule has 0 saturated heterocycles. The van der Waals surface area contributed by atoms with Crippen molar-refractivity contribution in [2.24, 2.45) is 4.99 Å². The number of hydrogen-bond donors (Lipinski definition) is 1. The van der Waals surface area contributed by atoms with Gasteiger partial charge in [-0.15, -0.1) is 0 Å². The fraction of sp³-hybridized carbons (Fsp3) is 0.188. The summed E-state index contributed by atoms with van der Waals surface area (Å²) in [5.74, 6) is 0.275. The van der Waals surface area contributed by atoms with Gasteiger partial charge in [-0.1, -0.05) is 12.1 Å². The van der Waals surface area contributed by atoms with Crippen molar-refractivity contribution in [2.75, 3.05) is 13.1 Å². The van der Waals surface area contributed by atoms with Crippen LogP contribution in [-0.2, 0) is 6.61 Å². The smallest absolute Gasteiger partial charge is 0.269 e. The van der Waals surface area contributed by atoms with Crippen LogP contribution in [0.1, 0.15) is 11.1 Å². The molecule has 0 radical (unpaired) electrons. The van der Waals surface area contributed by atoms with Gasteiger partial charge in [0.05, 0.1) is 11.5 Å². The van der Waals surface area contributed by atoms with Crippen LogP contribution in [0, 0.1) is 15.9 Å². The van der Waals surface area contributed by atoms with Gasteiger partial charge in [0.25, 0.3) is 5.69 Å². The Labute approximate surface area is 131 Å². The molecule has 0 atom stereocenters. The number of amidine groups is 1. The van der Waals surface area contributed by atoms with E-state index in [0.29, 0.717) is 23.5 Å². The second-order valence-electron chi connectivity index (χ2n) is 5.02. The van der Waals surface area contributed by atoms with E-state index in [9.17, 15) is 14.5 Å². The van der Waals surface area contributed by atoms with Gasteiger partial charge in [0.2, 0.25) is 0 Å². The molecule has 0 bridgehead atoms. The van der Waals surface area contributed by atoms with E-state index in [-0.39, 0.29) is 18.0 Å². The van der Waals surface area contributed by atoms with E-state index < -0.39 is 10.7 Å². The second kappa shape index (κ2) is 6.43. The van der Waals surface area contributed by atoms with Crippen LogP contribution in [0.15, 0.2) is 47.5 Å². The quantitative estimate of drug-likeness (QED) is 0.680. The van der Waals surface area contributed by atoms with Crippen LogP contribution < -0.4 is 10.1 Å². The number of nitro benzene ring substituents is 1.